The van der Waals surface area contributed by atoms with Crippen molar-refractivity contribution in [3.8, 4) is 0 Å². The summed E-state index contributed by atoms with van der Waals surface area (Å²) in [5, 5.41) is 2.91. The first-order valence-electron chi connectivity index (χ1n) is 6.05. The second-order valence-electron chi connectivity index (χ2n) is 4.02. The smallest absolute Gasteiger partial charge is 0.225 e. The number of anilines is 1. The normalized spacial score (nSPS) is 11.9. The van der Waals surface area contributed by atoms with Gasteiger partial charge in [-0.05, 0) is 18.6 Å². The van der Waals surface area contributed by atoms with Crippen molar-refractivity contribution < 1.29 is 4.79 Å². The lowest BCUT2D eigenvalue weighted by molar-refractivity contribution is -0.116. The van der Waals surface area contributed by atoms with Gasteiger partial charge in [0.2, 0.25) is 5.91 Å². The highest BCUT2D eigenvalue weighted by atomic mass is 32.2. The fourth-order valence-electron chi connectivity index (χ4n) is 1.43. The predicted octanol–water partition coefficient (Wildman–Crippen LogP) is 3.03. The number of carbonyl (C=O) groups is 1. The maximum absolute atomic E-state index is 11.8. The van der Waals surface area contributed by atoms with E-state index in [2.05, 4.69) is 11.9 Å². The van der Waals surface area contributed by atoms with Gasteiger partial charge in [0, 0.05) is 23.1 Å². The maximum atomic E-state index is 11.8. The molecule has 0 heterocycles. The summed E-state index contributed by atoms with van der Waals surface area (Å²) in [5.41, 5.74) is 6.61. The monoisotopic (exact) mass is 264 g/mol. The summed E-state index contributed by atoms with van der Waals surface area (Å²) in [6.45, 7) is 5.67. The van der Waals surface area contributed by atoms with E-state index >= 15 is 0 Å². The first kappa shape index (κ1) is 14.8. The number of nitrogens with one attached hydrogen (secondary N) is 1. The molecule has 1 aromatic carbocycles. The van der Waals surface area contributed by atoms with Gasteiger partial charge in [-0.2, -0.15) is 0 Å². The number of para-hydroxylation sites is 1. The van der Waals surface area contributed by atoms with Crippen LogP contribution in [-0.2, 0) is 4.79 Å². The van der Waals surface area contributed by atoms with Gasteiger partial charge in [0.25, 0.3) is 0 Å². The van der Waals surface area contributed by atoms with Crippen LogP contribution in [0.4, 0.5) is 5.69 Å². The molecule has 1 aromatic rings. The zero-order valence-corrected chi connectivity index (χ0v) is 11.5. The van der Waals surface area contributed by atoms with Crippen LogP contribution in [-0.4, -0.2) is 17.7 Å². The Balaban J connectivity index is 2.65. The van der Waals surface area contributed by atoms with Crippen molar-refractivity contribution in [1.82, 2.24) is 0 Å². The van der Waals surface area contributed by atoms with Crippen molar-refractivity contribution in [3.05, 3.63) is 36.9 Å². The number of hydrogen-bond acceptors (Lipinski definition) is 3. The fourth-order valence-corrected chi connectivity index (χ4v) is 2.17. The summed E-state index contributed by atoms with van der Waals surface area (Å²) in [6.07, 6.45) is 3.01. The maximum Gasteiger partial charge on any atom is 0.225 e. The van der Waals surface area contributed by atoms with E-state index in [-0.39, 0.29) is 11.9 Å². The molecule has 0 aliphatic heterocycles. The summed E-state index contributed by atoms with van der Waals surface area (Å²) >= 11 is 1.65. The minimum absolute atomic E-state index is 0.0315. The van der Waals surface area contributed by atoms with Gasteiger partial charge in [0.1, 0.15) is 0 Å². The predicted molar refractivity (Wildman–Crippen MR) is 78.9 cm³/mol. The molecule has 0 aliphatic carbocycles. The lowest BCUT2D eigenvalue weighted by atomic mass is 10.1. The molecular formula is C14H20N2OS. The molecule has 0 saturated heterocycles. The summed E-state index contributed by atoms with van der Waals surface area (Å²) in [4.78, 5) is 12.8. The Kier molecular flexibility index (Phi) is 6.54. The largest absolute Gasteiger partial charge is 0.327 e. The molecule has 4 heteroatoms. The second-order valence-corrected chi connectivity index (χ2v) is 5.08. The van der Waals surface area contributed by atoms with Crippen LogP contribution in [0.25, 0.3) is 0 Å². The standard InChI is InChI=1S/C14H20N2OS/c1-3-9-18-13-8-6-5-7-12(13)16-14(17)10-11(15)4-2/h3,5-8,11H,1,4,9-10,15H2,2H3,(H,16,17). The number of nitrogens with two attached hydrogens (primary N) is 1. The summed E-state index contributed by atoms with van der Waals surface area (Å²) in [6, 6.07) is 7.69. The highest BCUT2D eigenvalue weighted by molar-refractivity contribution is 7.99. The summed E-state index contributed by atoms with van der Waals surface area (Å²) in [5.74, 6) is 0.789. The highest BCUT2D eigenvalue weighted by Crippen LogP contribution is 2.27. The van der Waals surface area contributed by atoms with Crippen molar-refractivity contribution in [2.75, 3.05) is 11.1 Å². The Morgan fingerprint density at radius 1 is 1.56 bits per heavy atom. The third-order valence-corrected chi connectivity index (χ3v) is 3.56. The molecule has 0 aromatic heterocycles. The number of hydrogen-bond donors (Lipinski definition) is 2. The summed E-state index contributed by atoms with van der Waals surface area (Å²) in [7, 11) is 0. The Morgan fingerprint density at radius 2 is 2.28 bits per heavy atom. The van der Waals surface area contributed by atoms with Crippen LogP contribution in [0, 0.1) is 0 Å². The van der Waals surface area contributed by atoms with Crippen molar-refractivity contribution in [1.29, 1.82) is 0 Å². The zero-order chi connectivity index (χ0) is 13.4. The van der Waals surface area contributed by atoms with Crippen molar-refractivity contribution in [2.45, 2.75) is 30.7 Å². The molecule has 3 nitrogen and oxygen atoms in total. The SMILES string of the molecule is C=CCSc1ccccc1NC(=O)CC(N)CC. The molecule has 0 bridgehead atoms. The van der Waals surface area contributed by atoms with Crippen LogP contribution >= 0.6 is 11.8 Å². The van der Waals surface area contributed by atoms with Gasteiger partial charge in [0.15, 0.2) is 0 Å². The minimum Gasteiger partial charge on any atom is -0.327 e. The van der Waals surface area contributed by atoms with E-state index in [1.807, 2.05) is 37.3 Å². The molecule has 0 aliphatic rings. The zero-order valence-electron chi connectivity index (χ0n) is 10.7. The lowest BCUT2D eigenvalue weighted by Crippen LogP contribution is -2.26. The van der Waals surface area contributed by atoms with Crippen LogP contribution < -0.4 is 11.1 Å². The van der Waals surface area contributed by atoms with Crippen LogP contribution in [0.5, 0.6) is 0 Å². The fraction of sp³-hybridized carbons (Fsp3) is 0.357. The lowest BCUT2D eigenvalue weighted by Gasteiger charge is -2.12. The second kappa shape index (κ2) is 7.95. The third-order valence-electron chi connectivity index (χ3n) is 2.49. The molecule has 1 unspecified atom stereocenters. The van der Waals surface area contributed by atoms with Crippen LogP contribution in [0.3, 0.4) is 0 Å². The Labute approximate surface area is 113 Å². The van der Waals surface area contributed by atoms with Crippen molar-refractivity contribution in [3.63, 3.8) is 0 Å². The number of carbonyl (C=O) groups excluding carboxylic acids is 1. The molecule has 0 radical (unpaired) electrons. The Hall–Kier alpha value is -1.26. The molecule has 0 saturated carbocycles. The van der Waals surface area contributed by atoms with E-state index in [9.17, 15) is 4.79 Å². The van der Waals surface area contributed by atoms with E-state index < -0.39 is 0 Å². The minimum atomic E-state index is -0.0713. The Bertz CT molecular complexity index is 407. The summed E-state index contributed by atoms with van der Waals surface area (Å²) < 4.78 is 0. The Morgan fingerprint density at radius 3 is 2.94 bits per heavy atom. The molecular weight excluding hydrogens is 244 g/mol. The molecule has 0 spiro atoms. The third kappa shape index (κ3) is 4.94. The molecule has 3 N–H and O–H groups in total. The molecule has 18 heavy (non-hydrogen) atoms. The first-order valence-corrected chi connectivity index (χ1v) is 7.04. The van der Waals surface area contributed by atoms with E-state index in [1.165, 1.54) is 0 Å². The topological polar surface area (TPSA) is 55.1 Å². The molecule has 0 fully saturated rings. The molecule has 1 atom stereocenters. The van der Waals surface area contributed by atoms with Crippen molar-refractivity contribution in [2.24, 2.45) is 5.73 Å². The van der Waals surface area contributed by atoms with Gasteiger partial charge in [-0.15, -0.1) is 18.3 Å². The quantitative estimate of drug-likeness (QED) is 0.588. The van der Waals surface area contributed by atoms with Gasteiger partial charge in [-0.3, -0.25) is 4.79 Å². The molecule has 98 valence electrons. The van der Waals surface area contributed by atoms with Crippen LogP contribution in [0.2, 0.25) is 0 Å². The van der Waals surface area contributed by atoms with Gasteiger partial charge in [0.05, 0.1) is 5.69 Å². The van der Waals surface area contributed by atoms with Crippen molar-refractivity contribution >= 4 is 23.4 Å². The average Bonchev–Trinajstić information content (AvgIpc) is 2.37. The van der Waals surface area contributed by atoms with Gasteiger partial charge in [-0.25, -0.2) is 0 Å². The van der Waals surface area contributed by atoms with E-state index in [0.717, 1.165) is 22.8 Å². The highest BCUT2D eigenvalue weighted by Gasteiger charge is 2.09. The molecule has 1 rings (SSSR count). The first-order chi connectivity index (χ1) is 8.67. The van der Waals surface area contributed by atoms with Crippen LogP contribution in [0.15, 0.2) is 41.8 Å². The number of amides is 1. The number of benzene rings is 1. The van der Waals surface area contributed by atoms with Crippen LogP contribution in [0.1, 0.15) is 19.8 Å². The van der Waals surface area contributed by atoms with E-state index in [0.29, 0.717) is 6.42 Å². The van der Waals surface area contributed by atoms with E-state index in [4.69, 9.17) is 5.73 Å². The number of rotatable bonds is 7. The van der Waals surface area contributed by atoms with E-state index in [1.54, 1.807) is 11.8 Å². The van der Waals surface area contributed by atoms with Gasteiger partial charge < -0.3 is 11.1 Å². The average molecular weight is 264 g/mol. The van der Waals surface area contributed by atoms with Gasteiger partial charge >= 0.3 is 0 Å². The van der Waals surface area contributed by atoms with Gasteiger partial charge in [-0.1, -0.05) is 25.1 Å². The molecule has 1 amide bonds. The number of thioether (sulfide) groups is 1.